The number of thioether (sulfide) groups is 1. The zero-order valence-corrected chi connectivity index (χ0v) is 11.7. The molecule has 2 nitrogen and oxygen atoms in total. The van der Waals surface area contributed by atoms with Gasteiger partial charge in [0.2, 0.25) is 0 Å². The molecule has 0 aliphatic heterocycles. The molecule has 1 aliphatic carbocycles. The standard InChI is InChI=1S/C12H20N2S2/c1-3-10-11(7-13-9-5-6-9)16-12(14-10)8-15-4-2/h9,13H,3-8H2,1-2H3. The second-order valence-electron chi connectivity index (χ2n) is 4.12. The summed E-state index contributed by atoms with van der Waals surface area (Å²) in [6, 6.07) is 0.792. The second-order valence-corrected chi connectivity index (χ2v) is 6.57. The van der Waals surface area contributed by atoms with E-state index in [9.17, 15) is 0 Å². The lowest BCUT2D eigenvalue weighted by Gasteiger charge is -2.00. The molecule has 1 aromatic rings. The lowest BCUT2D eigenvalue weighted by Crippen LogP contribution is -2.15. The highest BCUT2D eigenvalue weighted by Gasteiger charge is 2.21. The minimum atomic E-state index is 0.792. The summed E-state index contributed by atoms with van der Waals surface area (Å²) in [6.07, 6.45) is 3.78. The van der Waals surface area contributed by atoms with Crippen LogP contribution in [0.25, 0.3) is 0 Å². The molecule has 16 heavy (non-hydrogen) atoms. The van der Waals surface area contributed by atoms with Gasteiger partial charge in [-0.1, -0.05) is 13.8 Å². The topological polar surface area (TPSA) is 24.9 Å². The van der Waals surface area contributed by atoms with Crippen LogP contribution in [-0.4, -0.2) is 16.8 Å². The molecular formula is C12H20N2S2. The van der Waals surface area contributed by atoms with Crippen molar-refractivity contribution in [1.29, 1.82) is 0 Å². The molecule has 0 atom stereocenters. The van der Waals surface area contributed by atoms with Crippen LogP contribution in [0.3, 0.4) is 0 Å². The van der Waals surface area contributed by atoms with Gasteiger partial charge in [-0.3, -0.25) is 0 Å². The first-order chi connectivity index (χ1) is 7.83. The maximum Gasteiger partial charge on any atom is 0.103 e. The number of rotatable bonds is 7. The Balaban J connectivity index is 1.93. The van der Waals surface area contributed by atoms with Crippen molar-refractivity contribution in [3.63, 3.8) is 0 Å². The third-order valence-corrected chi connectivity index (χ3v) is 4.88. The third kappa shape index (κ3) is 3.47. The van der Waals surface area contributed by atoms with E-state index in [4.69, 9.17) is 4.98 Å². The molecule has 1 saturated carbocycles. The SMILES string of the molecule is CCSCc1nc(CC)c(CNC2CC2)s1. The molecule has 1 aromatic heterocycles. The van der Waals surface area contributed by atoms with E-state index in [-0.39, 0.29) is 0 Å². The van der Waals surface area contributed by atoms with Crippen LogP contribution in [0.5, 0.6) is 0 Å². The molecule has 4 heteroatoms. The highest BCUT2D eigenvalue weighted by atomic mass is 32.2. The van der Waals surface area contributed by atoms with Crippen LogP contribution >= 0.6 is 23.1 Å². The van der Waals surface area contributed by atoms with Gasteiger partial charge >= 0.3 is 0 Å². The summed E-state index contributed by atoms with van der Waals surface area (Å²) in [7, 11) is 0. The van der Waals surface area contributed by atoms with Crippen molar-refractivity contribution in [2.24, 2.45) is 0 Å². The van der Waals surface area contributed by atoms with Gasteiger partial charge in [-0.05, 0) is 25.0 Å². The van der Waals surface area contributed by atoms with E-state index in [1.165, 1.54) is 34.2 Å². The second kappa shape index (κ2) is 6.03. The zero-order valence-electron chi connectivity index (χ0n) is 10.1. The van der Waals surface area contributed by atoms with Crippen LogP contribution in [0.1, 0.15) is 42.3 Å². The summed E-state index contributed by atoms with van der Waals surface area (Å²) in [6.45, 7) is 5.43. The molecule has 1 N–H and O–H groups in total. The predicted octanol–water partition coefficient (Wildman–Crippen LogP) is 3.21. The molecule has 0 aromatic carbocycles. The third-order valence-electron chi connectivity index (χ3n) is 2.72. The summed E-state index contributed by atoms with van der Waals surface area (Å²) in [5, 5.41) is 4.88. The quantitative estimate of drug-likeness (QED) is 0.811. The largest absolute Gasteiger partial charge is 0.309 e. The predicted molar refractivity (Wildman–Crippen MR) is 73.2 cm³/mol. The zero-order chi connectivity index (χ0) is 11.4. The number of thiazole rings is 1. The first-order valence-electron chi connectivity index (χ1n) is 6.12. The van der Waals surface area contributed by atoms with Crippen LogP contribution in [0.2, 0.25) is 0 Å². The smallest absolute Gasteiger partial charge is 0.103 e. The summed E-state index contributed by atoms with van der Waals surface area (Å²) >= 11 is 3.86. The van der Waals surface area contributed by atoms with Crippen molar-refractivity contribution >= 4 is 23.1 Å². The van der Waals surface area contributed by atoms with Crippen LogP contribution in [0.15, 0.2) is 0 Å². The van der Waals surface area contributed by atoms with E-state index < -0.39 is 0 Å². The minimum absolute atomic E-state index is 0.792. The van der Waals surface area contributed by atoms with Crippen LogP contribution in [0, 0.1) is 0 Å². The summed E-state index contributed by atoms with van der Waals surface area (Å²) in [5.74, 6) is 2.26. The van der Waals surface area contributed by atoms with Crippen molar-refractivity contribution in [2.75, 3.05) is 5.75 Å². The van der Waals surface area contributed by atoms with Gasteiger partial charge in [-0.2, -0.15) is 11.8 Å². The van der Waals surface area contributed by atoms with Crippen LogP contribution < -0.4 is 5.32 Å². The Morgan fingerprint density at radius 2 is 2.25 bits per heavy atom. The molecule has 1 fully saturated rings. The summed E-state index contributed by atoms with van der Waals surface area (Å²) < 4.78 is 0. The first kappa shape index (κ1) is 12.4. The average Bonchev–Trinajstić information content (AvgIpc) is 3.04. The molecule has 0 unspecified atom stereocenters. The molecule has 2 rings (SSSR count). The molecule has 90 valence electrons. The van der Waals surface area contributed by atoms with Crippen molar-refractivity contribution in [1.82, 2.24) is 10.3 Å². The molecule has 0 saturated heterocycles. The van der Waals surface area contributed by atoms with Gasteiger partial charge < -0.3 is 5.32 Å². The highest BCUT2D eigenvalue weighted by molar-refractivity contribution is 7.98. The van der Waals surface area contributed by atoms with Gasteiger partial charge in [-0.25, -0.2) is 4.98 Å². The van der Waals surface area contributed by atoms with Gasteiger partial charge in [0.25, 0.3) is 0 Å². The van der Waals surface area contributed by atoms with Crippen LogP contribution in [0.4, 0.5) is 0 Å². The van der Waals surface area contributed by atoms with E-state index in [2.05, 4.69) is 19.2 Å². The highest BCUT2D eigenvalue weighted by Crippen LogP contribution is 2.25. The Morgan fingerprint density at radius 3 is 2.88 bits per heavy atom. The molecule has 1 aliphatic rings. The van der Waals surface area contributed by atoms with Crippen LogP contribution in [-0.2, 0) is 18.7 Å². The van der Waals surface area contributed by atoms with Crippen molar-refractivity contribution < 1.29 is 0 Å². The number of aromatic nitrogens is 1. The van der Waals surface area contributed by atoms with Crippen molar-refractivity contribution in [2.45, 2.75) is 51.4 Å². The maximum absolute atomic E-state index is 4.72. The van der Waals surface area contributed by atoms with E-state index in [0.717, 1.165) is 24.8 Å². The first-order valence-corrected chi connectivity index (χ1v) is 8.09. The monoisotopic (exact) mass is 256 g/mol. The lowest BCUT2D eigenvalue weighted by atomic mass is 10.3. The number of nitrogens with zero attached hydrogens (tertiary/aromatic N) is 1. The van der Waals surface area contributed by atoms with Gasteiger partial charge in [0.05, 0.1) is 5.69 Å². The normalized spacial score (nSPS) is 15.6. The Labute approximate surface area is 106 Å². The van der Waals surface area contributed by atoms with Crippen molar-refractivity contribution in [3.8, 4) is 0 Å². The Hall–Kier alpha value is -0.0600. The fraction of sp³-hybridized carbons (Fsp3) is 0.750. The minimum Gasteiger partial charge on any atom is -0.309 e. The Morgan fingerprint density at radius 1 is 1.44 bits per heavy atom. The summed E-state index contributed by atoms with van der Waals surface area (Å²) in [5.41, 5.74) is 1.31. The fourth-order valence-electron chi connectivity index (χ4n) is 1.63. The van der Waals surface area contributed by atoms with Crippen molar-refractivity contribution in [3.05, 3.63) is 15.6 Å². The van der Waals surface area contributed by atoms with Gasteiger partial charge in [0.15, 0.2) is 0 Å². The van der Waals surface area contributed by atoms with E-state index in [1.807, 2.05) is 23.1 Å². The van der Waals surface area contributed by atoms with E-state index in [1.54, 1.807) is 0 Å². The maximum atomic E-state index is 4.72. The Bertz CT molecular complexity index is 332. The lowest BCUT2D eigenvalue weighted by molar-refractivity contribution is 0.689. The number of nitrogens with one attached hydrogen (secondary N) is 1. The molecule has 1 heterocycles. The molecule has 0 bridgehead atoms. The van der Waals surface area contributed by atoms with Gasteiger partial charge in [0.1, 0.15) is 5.01 Å². The van der Waals surface area contributed by atoms with Gasteiger partial charge in [-0.15, -0.1) is 11.3 Å². The molecule has 0 radical (unpaired) electrons. The molecule has 0 spiro atoms. The van der Waals surface area contributed by atoms with E-state index >= 15 is 0 Å². The molecule has 0 amide bonds. The van der Waals surface area contributed by atoms with Gasteiger partial charge in [0, 0.05) is 23.2 Å². The van der Waals surface area contributed by atoms with E-state index in [0.29, 0.717) is 0 Å². The number of hydrogen-bond donors (Lipinski definition) is 1. The summed E-state index contributed by atoms with van der Waals surface area (Å²) in [4.78, 5) is 6.18. The fourth-order valence-corrected chi connectivity index (χ4v) is 3.46. The average molecular weight is 256 g/mol. The molecular weight excluding hydrogens is 236 g/mol. The number of aryl methyl sites for hydroxylation is 1. The Kier molecular flexibility index (Phi) is 4.67. The number of hydrogen-bond acceptors (Lipinski definition) is 4.